The molecular weight excluding hydrogens is 592 g/mol. The highest BCUT2D eigenvalue weighted by Gasteiger charge is 2.43. The van der Waals surface area contributed by atoms with E-state index in [9.17, 15) is 33.9 Å². The molecule has 5 N–H and O–H groups in total. The topological polar surface area (TPSA) is 177 Å². The van der Waals surface area contributed by atoms with Gasteiger partial charge in [0.2, 0.25) is 29.4 Å². The van der Waals surface area contributed by atoms with Crippen LogP contribution in [0.3, 0.4) is 0 Å². The SMILES string of the molecule is C=CCNC(=O)C(=O)C(CCCC)NC(=O)[C@@H]1CCCN1C(=O)[C@@H](NC(O)N[C@H](CN1C(=O)CCCC1=O)C(C)(C)C)C(C)(C)C. The van der Waals surface area contributed by atoms with Crippen LogP contribution in [-0.4, -0.2) is 100 Å². The van der Waals surface area contributed by atoms with Gasteiger partial charge in [-0.2, -0.15) is 0 Å². The lowest BCUT2D eigenvalue weighted by molar-refractivity contribution is -0.149. The Kier molecular flexibility index (Phi) is 14.5. The first-order chi connectivity index (χ1) is 21.4. The predicted molar refractivity (Wildman–Crippen MR) is 174 cm³/mol. The van der Waals surface area contributed by atoms with Gasteiger partial charge in [-0.25, -0.2) is 0 Å². The van der Waals surface area contributed by atoms with Crippen LogP contribution < -0.4 is 21.3 Å². The number of aliphatic hydroxyl groups excluding tert-OH is 1. The second kappa shape index (κ2) is 17.1. The molecule has 260 valence electrons. The first-order valence-electron chi connectivity index (χ1n) is 16.5. The molecule has 2 rings (SSSR count). The third-order valence-electron chi connectivity index (χ3n) is 8.54. The Hall–Kier alpha value is -3.16. The second-order valence-corrected chi connectivity index (χ2v) is 14.5. The first kappa shape index (κ1) is 39.0. The number of rotatable bonds is 16. The molecule has 13 nitrogen and oxygen atoms in total. The first-order valence-corrected chi connectivity index (χ1v) is 16.5. The van der Waals surface area contributed by atoms with Crippen molar-refractivity contribution in [3.8, 4) is 0 Å². The Morgan fingerprint density at radius 3 is 2.17 bits per heavy atom. The van der Waals surface area contributed by atoms with Gasteiger partial charge >= 0.3 is 0 Å². The van der Waals surface area contributed by atoms with Crippen LogP contribution in [0.5, 0.6) is 0 Å². The van der Waals surface area contributed by atoms with Crippen LogP contribution in [0.2, 0.25) is 0 Å². The number of amides is 5. The maximum Gasteiger partial charge on any atom is 0.289 e. The van der Waals surface area contributed by atoms with E-state index < -0.39 is 58.9 Å². The van der Waals surface area contributed by atoms with Gasteiger partial charge in [0.15, 0.2) is 6.35 Å². The maximum absolute atomic E-state index is 14.1. The molecule has 0 aromatic carbocycles. The van der Waals surface area contributed by atoms with Gasteiger partial charge in [-0.15, -0.1) is 6.58 Å². The number of nitrogens with one attached hydrogen (secondary N) is 4. The van der Waals surface area contributed by atoms with Crippen molar-refractivity contribution in [3.05, 3.63) is 12.7 Å². The number of Topliss-reactive ketones (excluding diaryl/α,β-unsaturated/α-hetero) is 1. The molecule has 0 aromatic heterocycles. The summed E-state index contributed by atoms with van der Waals surface area (Å²) in [7, 11) is 0. The lowest BCUT2D eigenvalue weighted by Crippen LogP contribution is -2.64. The zero-order chi connectivity index (χ0) is 34.8. The molecule has 0 bridgehead atoms. The number of likely N-dealkylation sites (tertiary alicyclic amines) is 2. The van der Waals surface area contributed by atoms with Gasteiger partial charge in [0, 0.05) is 38.5 Å². The van der Waals surface area contributed by atoms with E-state index in [-0.39, 0.29) is 37.2 Å². The zero-order valence-electron chi connectivity index (χ0n) is 28.7. The van der Waals surface area contributed by atoms with Crippen LogP contribution in [-0.2, 0) is 28.8 Å². The average Bonchev–Trinajstić information content (AvgIpc) is 3.46. The highest BCUT2D eigenvalue weighted by molar-refractivity contribution is 6.38. The van der Waals surface area contributed by atoms with E-state index >= 15 is 0 Å². The van der Waals surface area contributed by atoms with E-state index in [0.717, 1.165) is 6.42 Å². The monoisotopic (exact) mass is 648 g/mol. The minimum atomic E-state index is -1.38. The summed E-state index contributed by atoms with van der Waals surface area (Å²) in [6.07, 6.45) is 3.82. The number of hydrogen-bond acceptors (Lipinski definition) is 9. The van der Waals surface area contributed by atoms with Gasteiger partial charge in [0.05, 0.1) is 12.1 Å². The van der Waals surface area contributed by atoms with Gasteiger partial charge in [-0.05, 0) is 36.5 Å². The summed E-state index contributed by atoms with van der Waals surface area (Å²) in [5.74, 6) is -2.93. The summed E-state index contributed by atoms with van der Waals surface area (Å²) in [5, 5.41) is 22.4. The summed E-state index contributed by atoms with van der Waals surface area (Å²) in [4.78, 5) is 80.5. The number of aliphatic hydroxyl groups is 1. The number of ketones is 1. The summed E-state index contributed by atoms with van der Waals surface area (Å²) < 4.78 is 0. The second-order valence-electron chi connectivity index (χ2n) is 14.5. The van der Waals surface area contributed by atoms with Crippen molar-refractivity contribution in [2.45, 2.75) is 130 Å². The van der Waals surface area contributed by atoms with Gasteiger partial charge in [-0.1, -0.05) is 67.4 Å². The Labute approximate surface area is 273 Å². The molecule has 0 aromatic rings. The predicted octanol–water partition coefficient (Wildman–Crippen LogP) is 1.35. The van der Waals surface area contributed by atoms with Crippen molar-refractivity contribution < 1.29 is 33.9 Å². The molecule has 2 aliphatic heterocycles. The third kappa shape index (κ3) is 11.0. The fourth-order valence-electron chi connectivity index (χ4n) is 5.67. The van der Waals surface area contributed by atoms with E-state index in [2.05, 4.69) is 27.8 Å². The molecule has 0 saturated carbocycles. The number of carbonyl (C=O) groups is 6. The van der Waals surface area contributed by atoms with Crippen LogP contribution >= 0.6 is 0 Å². The molecule has 2 saturated heterocycles. The van der Waals surface area contributed by atoms with E-state index in [1.807, 2.05) is 48.5 Å². The Morgan fingerprint density at radius 2 is 1.63 bits per heavy atom. The smallest absolute Gasteiger partial charge is 0.289 e. The molecule has 2 aliphatic rings. The Balaban J connectivity index is 2.20. The largest absolute Gasteiger partial charge is 0.365 e. The van der Waals surface area contributed by atoms with E-state index in [0.29, 0.717) is 45.1 Å². The van der Waals surface area contributed by atoms with Gasteiger partial charge < -0.3 is 20.6 Å². The highest BCUT2D eigenvalue weighted by Crippen LogP contribution is 2.27. The maximum atomic E-state index is 14.1. The van der Waals surface area contributed by atoms with Crippen molar-refractivity contribution in [3.63, 3.8) is 0 Å². The lowest BCUT2D eigenvalue weighted by atomic mass is 9.85. The summed E-state index contributed by atoms with van der Waals surface area (Å²) >= 11 is 0. The Morgan fingerprint density at radius 1 is 1.00 bits per heavy atom. The minimum Gasteiger partial charge on any atom is -0.365 e. The normalized spacial score (nSPS) is 20.1. The molecule has 2 fully saturated rings. The number of carbonyl (C=O) groups excluding carboxylic acids is 6. The fourth-order valence-corrected chi connectivity index (χ4v) is 5.67. The lowest BCUT2D eigenvalue weighted by Gasteiger charge is -2.40. The van der Waals surface area contributed by atoms with Crippen LogP contribution in [0, 0.1) is 10.8 Å². The number of unbranched alkanes of at least 4 members (excludes halogenated alkanes) is 1. The van der Waals surface area contributed by atoms with Crippen LogP contribution in [0.1, 0.15) is 99.8 Å². The van der Waals surface area contributed by atoms with Crippen molar-refractivity contribution in [1.82, 2.24) is 31.1 Å². The summed E-state index contributed by atoms with van der Waals surface area (Å²) in [5.41, 5.74) is -1.16. The molecule has 5 atom stereocenters. The van der Waals surface area contributed by atoms with Gasteiger partial charge in [-0.3, -0.25) is 44.3 Å². The zero-order valence-corrected chi connectivity index (χ0v) is 28.7. The summed E-state index contributed by atoms with van der Waals surface area (Å²) in [6, 6.07) is -3.30. The number of hydrogen-bond donors (Lipinski definition) is 5. The molecule has 46 heavy (non-hydrogen) atoms. The van der Waals surface area contributed by atoms with Crippen LogP contribution in [0.15, 0.2) is 12.7 Å². The molecule has 5 amide bonds. The molecule has 2 unspecified atom stereocenters. The molecule has 0 spiro atoms. The fraction of sp³-hybridized carbons (Fsp3) is 0.758. The number of nitrogens with zero attached hydrogens (tertiary/aromatic N) is 2. The van der Waals surface area contributed by atoms with Gasteiger partial charge in [0.1, 0.15) is 6.04 Å². The summed E-state index contributed by atoms with van der Waals surface area (Å²) in [6.45, 7) is 17.3. The molecule has 0 radical (unpaired) electrons. The quantitative estimate of drug-likeness (QED) is 0.0716. The van der Waals surface area contributed by atoms with E-state index in [1.165, 1.54) is 15.9 Å². The van der Waals surface area contributed by atoms with Crippen molar-refractivity contribution >= 4 is 35.3 Å². The van der Waals surface area contributed by atoms with Crippen molar-refractivity contribution in [1.29, 1.82) is 0 Å². The van der Waals surface area contributed by atoms with Crippen LogP contribution in [0.4, 0.5) is 0 Å². The van der Waals surface area contributed by atoms with E-state index in [1.54, 1.807) is 0 Å². The molecule has 0 aliphatic carbocycles. The van der Waals surface area contributed by atoms with Gasteiger partial charge in [0.25, 0.3) is 5.91 Å². The van der Waals surface area contributed by atoms with Crippen molar-refractivity contribution in [2.24, 2.45) is 10.8 Å². The number of imide groups is 1. The minimum absolute atomic E-state index is 0.0753. The van der Waals surface area contributed by atoms with Crippen LogP contribution in [0.25, 0.3) is 0 Å². The Bertz CT molecular complexity index is 1110. The third-order valence-corrected chi connectivity index (χ3v) is 8.54. The number of piperidine rings is 1. The highest BCUT2D eigenvalue weighted by atomic mass is 16.3. The van der Waals surface area contributed by atoms with E-state index in [4.69, 9.17) is 0 Å². The average molecular weight is 649 g/mol. The standard InChI is InChI=1S/C33H56N6O7/c1-9-11-14-21(26(42)29(44)34-18-10-2)35-28(43)22-15-13-19-38(22)30(45)27(33(6,7)8)37-31(46)36-23(32(3,4)5)20-39-24(40)16-12-17-25(39)41/h10,21-23,27,31,36-37,46H,2,9,11-20H2,1,3-8H3,(H,34,44)(H,35,43)/t21?,22-,23+,27+,31?/m0/s1. The molecule has 13 heteroatoms. The van der Waals surface area contributed by atoms with Crippen molar-refractivity contribution in [2.75, 3.05) is 19.6 Å². The molecule has 2 heterocycles. The molecular formula is C33H56N6O7.